The van der Waals surface area contributed by atoms with E-state index in [-0.39, 0.29) is 0 Å². The minimum atomic E-state index is 0.616. The first-order chi connectivity index (χ1) is 8.79. The van der Waals surface area contributed by atoms with Crippen molar-refractivity contribution in [1.29, 1.82) is 0 Å². The first-order valence-corrected chi connectivity index (χ1v) is 6.24. The zero-order chi connectivity index (χ0) is 12.8. The smallest absolute Gasteiger partial charge is 0.221 e. The Morgan fingerprint density at radius 1 is 1.11 bits per heavy atom. The second kappa shape index (κ2) is 6.05. The SMILES string of the molecule is CCCNc1cccc(Oc2ccccc2C)n1. The molecule has 0 aliphatic carbocycles. The molecule has 0 aliphatic rings. The predicted octanol–water partition coefficient (Wildman–Crippen LogP) is 4.00. The van der Waals surface area contributed by atoms with Gasteiger partial charge in [-0.15, -0.1) is 0 Å². The maximum Gasteiger partial charge on any atom is 0.221 e. The molecule has 0 radical (unpaired) electrons. The summed E-state index contributed by atoms with van der Waals surface area (Å²) >= 11 is 0. The fourth-order valence-electron chi connectivity index (χ4n) is 1.61. The highest BCUT2D eigenvalue weighted by molar-refractivity contribution is 5.40. The van der Waals surface area contributed by atoms with Gasteiger partial charge in [-0.2, -0.15) is 4.98 Å². The monoisotopic (exact) mass is 242 g/mol. The van der Waals surface area contributed by atoms with E-state index in [9.17, 15) is 0 Å². The Kier molecular flexibility index (Phi) is 4.18. The number of hydrogen-bond acceptors (Lipinski definition) is 3. The van der Waals surface area contributed by atoms with Gasteiger partial charge in [0.05, 0.1) is 0 Å². The maximum atomic E-state index is 5.78. The summed E-state index contributed by atoms with van der Waals surface area (Å²) in [7, 11) is 0. The summed E-state index contributed by atoms with van der Waals surface area (Å²) in [4.78, 5) is 4.41. The van der Waals surface area contributed by atoms with Crippen LogP contribution in [0.5, 0.6) is 11.6 Å². The van der Waals surface area contributed by atoms with Gasteiger partial charge in [0.25, 0.3) is 0 Å². The van der Waals surface area contributed by atoms with Crippen molar-refractivity contribution in [2.75, 3.05) is 11.9 Å². The third-order valence-corrected chi connectivity index (χ3v) is 2.59. The number of anilines is 1. The molecule has 0 unspecified atom stereocenters. The van der Waals surface area contributed by atoms with Gasteiger partial charge in [0, 0.05) is 12.6 Å². The number of nitrogens with one attached hydrogen (secondary N) is 1. The van der Waals surface area contributed by atoms with Crippen LogP contribution in [-0.4, -0.2) is 11.5 Å². The van der Waals surface area contributed by atoms with E-state index in [4.69, 9.17) is 4.74 Å². The van der Waals surface area contributed by atoms with Crippen LogP contribution >= 0.6 is 0 Å². The van der Waals surface area contributed by atoms with Gasteiger partial charge >= 0.3 is 0 Å². The minimum absolute atomic E-state index is 0.616. The van der Waals surface area contributed by atoms with E-state index < -0.39 is 0 Å². The van der Waals surface area contributed by atoms with Gasteiger partial charge < -0.3 is 10.1 Å². The summed E-state index contributed by atoms with van der Waals surface area (Å²) in [5.41, 5.74) is 1.10. The molecule has 3 nitrogen and oxygen atoms in total. The quantitative estimate of drug-likeness (QED) is 0.860. The van der Waals surface area contributed by atoms with E-state index in [1.165, 1.54) is 0 Å². The Hall–Kier alpha value is -2.03. The van der Waals surface area contributed by atoms with Crippen molar-refractivity contribution < 1.29 is 4.74 Å². The van der Waals surface area contributed by atoms with E-state index in [0.717, 1.165) is 30.1 Å². The van der Waals surface area contributed by atoms with E-state index in [1.807, 2.05) is 49.4 Å². The van der Waals surface area contributed by atoms with Gasteiger partial charge in [0.2, 0.25) is 5.88 Å². The molecule has 0 saturated carbocycles. The number of hydrogen-bond donors (Lipinski definition) is 1. The van der Waals surface area contributed by atoms with E-state index in [0.29, 0.717) is 5.88 Å². The van der Waals surface area contributed by atoms with Crippen molar-refractivity contribution in [1.82, 2.24) is 4.98 Å². The molecule has 0 saturated heterocycles. The van der Waals surface area contributed by atoms with Gasteiger partial charge in [-0.1, -0.05) is 31.2 Å². The lowest BCUT2D eigenvalue weighted by Crippen LogP contribution is -2.02. The molecule has 0 aliphatic heterocycles. The highest BCUT2D eigenvalue weighted by Crippen LogP contribution is 2.23. The van der Waals surface area contributed by atoms with E-state index in [2.05, 4.69) is 17.2 Å². The molecular weight excluding hydrogens is 224 g/mol. The number of pyridine rings is 1. The number of para-hydroxylation sites is 1. The number of aryl methyl sites for hydroxylation is 1. The minimum Gasteiger partial charge on any atom is -0.439 e. The van der Waals surface area contributed by atoms with Gasteiger partial charge in [0.1, 0.15) is 11.6 Å². The Bertz CT molecular complexity index is 511. The lowest BCUT2D eigenvalue weighted by atomic mass is 10.2. The Morgan fingerprint density at radius 2 is 1.94 bits per heavy atom. The molecule has 18 heavy (non-hydrogen) atoms. The predicted molar refractivity (Wildman–Crippen MR) is 74.3 cm³/mol. The first-order valence-electron chi connectivity index (χ1n) is 6.24. The standard InChI is InChI=1S/C15H18N2O/c1-3-11-16-14-9-6-10-15(17-14)18-13-8-5-4-7-12(13)2/h4-10H,3,11H2,1-2H3,(H,16,17). The average Bonchev–Trinajstić information content (AvgIpc) is 2.40. The van der Waals surface area contributed by atoms with Crippen molar-refractivity contribution in [3.63, 3.8) is 0 Å². The number of ether oxygens (including phenoxy) is 1. The van der Waals surface area contributed by atoms with Gasteiger partial charge in [-0.05, 0) is 31.0 Å². The van der Waals surface area contributed by atoms with Crippen molar-refractivity contribution in [2.24, 2.45) is 0 Å². The fourth-order valence-corrected chi connectivity index (χ4v) is 1.61. The van der Waals surface area contributed by atoms with Crippen LogP contribution in [0.15, 0.2) is 42.5 Å². The fraction of sp³-hybridized carbons (Fsp3) is 0.267. The summed E-state index contributed by atoms with van der Waals surface area (Å²) in [5, 5.41) is 3.24. The molecule has 0 fully saturated rings. The van der Waals surface area contributed by atoms with Crippen LogP contribution in [0.25, 0.3) is 0 Å². The molecule has 0 bridgehead atoms. The molecule has 3 heteroatoms. The molecule has 0 atom stereocenters. The lowest BCUT2D eigenvalue weighted by molar-refractivity contribution is 0.460. The summed E-state index contributed by atoms with van der Waals surface area (Å²) in [6.45, 7) is 5.07. The Morgan fingerprint density at radius 3 is 2.72 bits per heavy atom. The molecule has 1 aromatic carbocycles. The first kappa shape index (κ1) is 12.4. The van der Waals surface area contributed by atoms with Crippen molar-refractivity contribution in [2.45, 2.75) is 20.3 Å². The molecule has 1 N–H and O–H groups in total. The molecule has 1 aromatic heterocycles. The summed E-state index contributed by atoms with van der Waals surface area (Å²) in [5.74, 6) is 2.31. The molecule has 0 amide bonds. The third kappa shape index (κ3) is 3.23. The van der Waals surface area contributed by atoms with Crippen LogP contribution in [0.2, 0.25) is 0 Å². The van der Waals surface area contributed by atoms with Gasteiger partial charge in [0.15, 0.2) is 0 Å². The zero-order valence-electron chi connectivity index (χ0n) is 10.8. The van der Waals surface area contributed by atoms with Crippen LogP contribution in [-0.2, 0) is 0 Å². The highest BCUT2D eigenvalue weighted by atomic mass is 16.5. The molecule has 2 rings (SSSR count). The normalized spacial score (nSPS) is 10.1. The van der Waals surface area contributed by atoms with Crippen LogP contribution in [0.1, 0.15) is 18.9 Å². The summed E-state index contributed by atoms with van der Waals surface area (Å²) in [6, 6.07) is 13.7. The number of aromatic nitrogens is 1. The molecule has 1 heterocycles. The van der Waals surface area contributed by atoms with Crippen LogP contribution in [0.3, 0.4) is 0 Å². The van der Waals surface area contributed by atoms with Crippen molar-refractivity contribution in [3.8, 4) is 11.6 Å². The molecule has 2 aromatic rings. The topological polar surface area (TPSA) is 34.1 Å². The zero-order valence-corrected chi connectivity index (χ0v) is 10.8. The van der Waals surface area contributed by atoms with Crippen molar-refractivity contribution >= 4 is 5.82 Å². The van der Waals surface area contributed by atoms with Gasteiger partial charge in [-0.3, -0.25) is 0 Å². The second-order valence-corrected chi connectivity index (χ2v) is 4.16. The third-order valence-electron chi connectivity index (χ3n) is 2.59. The Labute approximate surface area is 108 Å². The molecule has 94 valence electrons. The van der Waals surface area contributed by atoms with Crippen LogP contribution < -0.4 is 10.1 Å². The Balaban J connectivity index is 2.12. The maximum absolute atomic E-state index is 5.78. The molecular formula is C15H18N2O. The van der Waals surface area contributed by atoms with Crippen LogP contribution in [0.4, 0.5) is 5.82 Å². The number of nitrogens with zero attached hydrogens (tertiary/aromatic N) is 1. The van der Waals surface area contributed by atoms with Crippen molar-refractivity contribution in [3.05, 3.63) is 48.0 Å². The summed E-state index contributed by atoms with van der Waals surface area (Å²) < 4.78 is 5.78. The highest BCUT2D eigenvalue weighted by Gasteiger charge is 2.02. The second-order valence-electron chi connectivity index (χ2n) is 4.16. The summed E-state index contributed by atoms with van der Waals surface area (Å²) in [6.07, 6.45) is 1.07. The largest absolute Gasteiger partial charge is 0.439 e. The average molecular weight is 242 g/mol. The van der Waals surface area contributed by atoms with E-state index in [1.54, 1.807) is 0 Å². The number of benzene rings is 1. The van der Waals surface area contributed by atoms with Gasteiger partial charge in [-0.25, -0.2) is 0 Å². The van der Waals surface area contributed by atoms with Crippen LogP contribution in [0, 0.1) is 6.92 Å². The number of rotatable bonds is 5. The molecule has 0 spiro atoms. The van der Waals surface area contributed by atoms with E-state index >= 15 is 0 Å². The lowest BCUT2D eigenvalue weighted by Gasteiger charge is -2.09.